The van der Waals surface area contributed by atoms with Crippen LogP contribution >= 0.6 is 0 Å². The molecule has 1 aliphatic rings. The zero-order valence-corrected chi connectivity index (χ0v) is 13.1. The molecule has 0 radical (unpaired) electrons. The van der Waals surface area contributed by atoms with E-state index in [2.05, 4.69) is 6.07 Å². The number of carbonyl (C=O) groups excluding carboxylic acids is 1. The highest BCUT2D eigenvalue weighted by Crippen LogP contribution is 2.23. The van der Waals surface area contributed by atoms with Crippen LogP contribution in [0.3, 0.4) is 0 Å². The fourth-order valence-corrected chi connectivity index (χ4v) is 2.75. The number of nitro benzene ring substituents is 1. The number of hydrogen-bond donors (Lipinski definition) is 1. The Morgan fingerprint density at radius 1 is 1.46 bits per heavy atom. The molecule has 8 heteroatoms. The Kier molecular flexibility index (Phi) is 6.09. The SMILES string of the molecule is N#CCCC[C@@H]1C[C@@H](O)CN1C(=O)OCc1ccc([N+](=O)[O-])cc1. The van der Waals surface area contributed by atoms with Crippen molar-refractivity contribution in [2.45, 2.75) is 44.4 Å². The van der Waals surface area contributed by atoms with E-state index >= 15 is 0 Å². The molecule has 0 aliphatic carbocycles. The molecule has 1 heterocycles. The van der Waals surface area contributed by atoms with Crippen LogP contribution in [0, 0.1) is 21.4 Å². The summed E-state index contributed by atoms with van der Waals surface area (Å²) in [5.41, 5.74) is 0.625. The molecule has 1 fully saturated rings. The molecule has 2 atom stereocenters. The van der Waals surface area contributed by atoms with Gasteiger partial charge in [-0.25, -0.2) is 4.79 Å². The molecule has 1 aliphatic heterocycles. The molecule has 0 spiro atoms. The summed E-state index contributed by atoms with van der Waals surface area (Å²) in [6.07, 6.45) is 1.11. The molecule has 1 aromatic carbocycles. The number of amides is 1. The summed E-state index contributed by atoms with van der Waals surface area (Å²) >= 11 is 0. The van der Waals surface area contributed by atoms with Crippen molar-refractivity contribution in [1.82, 2.24) is 4.90 Å². The van der Waals surface area contributed by atoms with Gasteiger partial charge in [0.2, 0.25) is 0 Å². The molecule has 1 saturated heterocycles. The van der Waals surface area contributed by atoms with E-state index in [9.17, 15) is 20.0 Å². The predicted molar refractivity (Wildman–Crippen MR) is 83.9 cm³/mol. The van der Waals surface area contributed by atoms with Gasteiger partial charge in [0.1, 0.15) is 6.61 Å². The zero-order valence-electron chi connectivity index (χ0n) is 13.1. The first-order valence-corrected chi connectivity index (χ1v) is 7.73. The molecule has 0 unspecified atom stereocenters. The third-order valence-electron chi connectivity index (χ3n) is 3.96. The highest BCUT2D eigenvalue weighted by molar-refractivity contribution is 5.68. The van der Waals surface area contributed by atoms with E-state index < -0.39 is 17.1 Å². The second-order valence-corrected chi connectivity index (χ2v) is 5.72. The fraction of sp³-hybridized carbons (Fsp3) is 0.500. The summed E-state index contributed by atoms with van der Waals surface area (Å²) < 4.78 is 5.24. The van der Waals surface area contributed by atoms with E-state index in [0.29, 0.717) is 31.2 Å². The van der Waals surface area contributed by atoms with Crippen molar-refractivity contribution >= 4 is 11.8 Å². The lowest BCUT2D eigenvalue weighted by Gasteiger charge is -2.23. The maximum absolute atomic E-state index is 12.2. The zero-order chi connectivity index (χ0) is 17.5. The molecular weight excluding hydrogens is 314 g/mol. The summed E-state index contributed by atoms with van der Waals surface area (Å²) in [5.74, 6) is 0. The lowest BCUT2D eigenvalue weighted by molar-refractivity contribution is -0.384. The minimum absolute atomic E-state index is 0.00827. The van der Waals surface area contributed by atoms with Crippen molar-refractivity contribution in [2.75, 3.05) is 6.54 Å². The van der Waals surface area contributed by atoms with E-state index in [0.717, 1.165) is 0 Å². The third kappa shape index (κ3) is 4.67. The van der Waals surface area contributed by atoms with Crippen LogP contribution in [0.4, 0.5) is 10.5 Å². The molecule has 0 bridgehead atoms. The van der Waals surface area contributed by atoms with E-state index in [1.165, 1.54) is 29.2 Å². The Labute approximate surface area is 139 Å². The lowest BCUT2D eigenvalue weighted by Crippen LogP contribution is -2.36. The van der Waals surface area contributed by atoms with Crippen LogP contribution in [0.15, 0.2) is 24.3 Å². The number of aliphatic hydroxyl groups excluding tert-OH is 1. The number of likely N-dealkylation sites (tertiary alicyclic amines) is 1. The van der Waals surface area contributed by atoms with Gasteiger partial charge in [-0.1, -0.05) is 0 Å². The standard InChI is InChI=1S/C16H19N3O5/c17-8-2-1-3-14-9-15(20)10-18(14)16(21)24-11-12-4-6-13(7-5-12)19(22)23/h4-7,14-15,20H,1-3,9-11H2/t14-,15-/m1/s1. The van der Waals surface area contributed by atoms with Crippen LogP contribution in [-0.2, 0) is 11.3 Å². The number of hydrogen-bond acceptors (Lipinski definition) is 6. The van der Waals surface area contributed by atoms with Crippen LogP contribution in [0.2, 0.25) is 0 Å². The van der Waals surface area contributed by atoms with E-state index in [4.69, 9.17) is 10.00 Å². The van der Waals surface area contributed by atoms with Crippen molar-refractivity contribution < 1.29 is 19.6 Å². The number of unbranched alkanes of at least 4 members (excludes halogenated alkanes) is 1. The van der Waals surface area contributed by atoms with E-state index in [1.54, 1.807) is 0 Å². The topological polar surface area (TPSA) is 117 Å². The van der Waals surface area contributed by atoms with Crippen LogP contribution in [0.1, 0.15) is 31.2 Å². The Bertz CT molecular complexity index is 626. The summed E-state index contributed by atoms with van der Waals surface area (Å²) in [7, 11) is 0. The van der Waals surface area contributed by atoms with E-state index in [-0.39, 0.29) is 24.9 Å². The summed E-state index contributed by atoms with van der Waals surface area (Å²) in [4.78, 5) is 23.8. The molecule has 1 amide bonds. The smallest absolute Gasteiger partial charge is 0.410 e. The summed E-state index contributed by atoms with van der Waals surface area (Å²) in [5, 5.41) is 28.9. The Hall–Kier alpha value is -2.66. The van der Waals surface area contributed by atoms with Crippen molar-refractivity contribution in [3.05, 3.63) is 39.9 Å². The number of nitrogens with zero attached hydrogens (tertiary/aromatic N) is 3. The third-order valence-corrected chi connectivity index (χ3v) is 3.96. The van der Waals surface area contributed by atoms with Crippen LogP contribution < -0.4 is 0 Å². The number of aliphatic hydroxyl groups is 1. The normalized spacial score (nSPS) is 19.8. The predicted octanol–water partition coefficient (Wildman–Crippen LogP) is 2.36. The fourth-order valence-electron chi connectivity index (χ4n) is 2.75. The molecule has 1 N–H and O–H groups in total. The highest BCUT2D eigenvalue weighted by atomic mass is 16.6. The number of ether oxygens (including phenoxy) is 1. The summed E-state index contributed by atoms with van der Waals surface area (Å²) in [6.45, 7) is 0.227. The van der Waals surface area contributed by atoms with Gasteiger partial charge in [0, 0.05) is 24.6 Å². The number of rotatable bonds is 6. The van der Waals surface area contributed by atoms with Crippen LogP contribution in [-0.4, -0.2) is 39.7 Å². The maximum Gasteiger partial charge on any atom is 0.410 e. The minimum Gasteiger partial charge on any atom is -0.445 e. The lowest BCUT2D eigenvalue weighted by atomic mass is 10.1. The molecule has 0 saturated carbocycles. The Morgan fingerprint density at radius 3 is 2.79 bits per heavy atom. The number of benzene rings is 1. The van der Waals surface area contributed by atoms with E-state index in [1.807, 2.05) is 0 Å². The molecular formula is C16H19N3O5. The quantitative estimate of drug-likeness (QED) is 0.485. The molecule has 8 nitrogen and oxygen atoms in total. The van der Waals surface area contributed by atoms with Gasteiger partial charge in [0.05, 0.1) is 23.6 Å². The number of nitriles is 1. The Balaban J connectivity index is 1.88. The second kappa shape index (κ2) is 8.26. The largest absolute Gasteiger partial charge is 0.445 e. The van der Waals surface area contributed by atoms with Crippen LogP contribution in [0.25, 0.3) is 0 Å². The van der Waals surface area contributed by atoms with Gasteiger partial charge in [0.15, 0.2) is 0 Å². The number of nitro groups is 1. The number of carbonyl (C=O) groups is 1. The monoisotopic (exact) mass is 333 g/mol. The average Bonchev–Trinajstić information content (AvgIpc) is 2.94. The van der Waals surface area contributed by atoms with Crippen LogP contribution in [0.5, 0.6) is 0 Å². The highest BCUT2D eigenvalue weighted by Gasteiger charge is 2.34. The first-order chi connectivity index (χ1) is 11.5. The molecule has 128 valence electrons. The molecule has 24 heavy (non-hydrogen) atoms. The Morgan fingerprint density at radius 2 is 2.17 bits per heavy atom. The minimum atomic E-state index is -0.580. The van der Waals surface area contributed by atoms with Crippen molar-refractivity contribution in [1.29, 1.82) is 5.26 Å². The van der Waals surface area contributed by atoms with Crippen molar-refractivity contribution in [2.24, 2.45) is 0 Å². The van der Waals surface area contributed by atoms with Gasteiger partial charge in [0.25, 0.3) is 5.69 Å². The van der Waals surface area contributed by atoms with Gasteiger partial charge in [-0.2, -0.15) is 5.26 Å². The number of β-amino-alcohol motifs (C(OH)–C–C–N with tert-alkyl or cyclic N) is 1. The number of non-ortho nitro benzene ring substituents is 1. The average molecular weight is 333 g/mol. The summed E-state index contributed by atoms with van der Waals surface area (Å²) in [6, 6.07) is 7.72. The first-order valence-electron chi connectivity index (χ1n) is 7.73. The van der Waals surface area contributed by atoms with Crippen molar-refractivity contribution in [3.8, 4) is 6.07 Å². The maximum atomic E-state index is 12.2. The van der Waals surface area contributed by atoms with Crippen molar-refractivity contribution in [3.63, 3.8) is 0 Å². The molecule has 2 rings (SSSR count). The second-order valence-electron chi connectivity index (χ2n) is 5.72. The first kappa shape index (κ1) is 17.7. The molecule has 0 aromatic heterocycles. The van der Waals surface area contributed by atoms with Gasteiger partial charge in [-0.05, 0) is 37.0 Å². The van der Waals surface area contributed by atoms with Gasteiger partial charge in [-0.3, -0.25) is 10.1 Å². The van der Waals surface area contributed by atoms with Gasteiger partial charge in [-0.15, -0.1) is 0 Å². The van der Waals surface area contributed by atoms with Gasteiger partial charge >= 0.3 is 6.09 Å². The van der Waals surface area contributed by atoms with Gasteiger partial charge < -0.3 is 14.7 Å². The molecule has 1 aromatic rings.